The summed E-state index contributed by atoms with van der Waals surface area (Å²) >= 11 is 0. The number of likely N-dealkylation sites (N-methyl/N-ethyl adjacent to an activating group) is 1. The van der Waals surface area contributed by atoms with Crippen LogP contribution in [0.2, 0.25) is 0 Å². The molecule has 0 spiro atoms. The van der Waals surface area contributed by atoms with Crippen LogP contribution in [-0.2, 0) is 9.59 Å². The molecule has 0 aliphatic carbocycles. The summed E-state index contributed by atoms with van der Waals surface area (Å²) in [4.78, 5) is 33.1. The molecule has 0 aromatic rings. The zero-order chi connectivity index (χ0) is 13.4. The van der Waals surface area contributed by atoms with E-state index in [9.17, 15) is 14.4 Å². The maximum absolute atomic E-state index is 11.4. The van der Waals surface area contributed by atoms with Gasteiger partial charge >= 0.3 is 12.0 Å². The minimum Gasteiger partial charge on any atom is -0.481 e. The molecule has 0 aromatic heterocycles. The van der Waals surface area contributed by atoms with Crippen molar-refractivity contribution in [2.45, 2.75) is 38.8 Å². The molecule has 98 valence electrons. The molecule has 0 saturated carbocycles. The molecule has 3 amide bonds. The first-order valence-electron chi connectivity index (χ1n) is 5.41. The van der Waals surface area contributed by atoms with Crippen LogP contribution in [0.1, 0.15) is 26.7 Å². The van der Waals surface area contributed by atoms with Crippen LogP contribution >= 0.6 is 0 Å². The Hall–Kier alpha value is -1.79. The van der Waals surface area contributed by atoms with Gasteiger partial charge in [0, 0.05) is 13.1 Å². The van der Waals surface area contributed by atoms with Crippen LogP contribution in [-0.4, -0.2) is 42.1 Å². The Morgan fingerprint density at radius 3 is 2.24 bits per heavy atom. The van der Waals surface area contributed by atoms with Crippen molar-refractivity contribution in [3.8, 4) is 0 Å². The van der Waals surface area contributed by atoms with E-state index in [4.69, 9.17) is 5.11 Å². The van der Waals surface area contributed by atoms with Crippen molar-refractivity contribution < 1.29 is 19.5 Å². The van der Waals surface area contributed by atoms with Gasteiger partial charge in [0.25, 0.3) is 0 Å². The molecule has 0 saturated heterocycles. The summed E-state index contributed by atoms with van der Waals surface area (Å²) in [7, 11) is 1.47. The molecule has 4 N–H and O–H groups in total. The second-order valence-corrected chi connectivity index (χ2v) is 3.66. The topological polar surface area (TPSA) is 108 Å². The number of aliphatic carboxylic acids is 1. The zero-order valence-electron chi connectivity index (χ0n) is 10.2. The van der Waals surface area contributed by atoms with Gasteiger partial charge in [0.15, 0.2) is 0 Å². The van der Waals surface area contributed by atoms with E-state index < -0.39 is 24.1 Å². The third-order valence-electron chi connectivity index (χ3n) is 2.24. The van der Waals surface area contributed by atoms with Gasteiger partial charge in [-0.15, -0.1) is 0 Å². The van der Waals surface area contributed by atoms with E-state index in [0.29, 0.717) is 6.42 Å². The van der Waals surface area contributed by atoms with E-state index in [-0.39, 0.29) is 12.3 Å². The van der Waals surface area contributed by atoms with Gasteiger partial charge in [-0.1, -0.05) is 6.92 Å². The van der Waals surface area contributed by atoms with Crippen LogP contribution in [0.25, 0.3) is 0 Å². The highest BCUT2D eigenvalue weighted by Gasteiger charge is 2.17. The lowest BCUT2D eigenvalue weighted by Crippen LogP contribution is -2.50. The fourth-order valence-corrected chi connectivity index (χ4v) is 1.21. The molecule has 2 atom stereocenters. The van der Waals surface area contributed by atoms with E-state index in [1.165, 1.54) is 14.0 Å². The van der Waals surface area contributed by atoms with E-state index in [0.717, 1.165) is 0 Å². The summed E-state index contributed by atoms with van der Waals surface area (Å²) in [6.07, 6.45) is 0.367. The molecular weight excluding hydrogens is 226 g/mol. The summed E-state index contributed by atoms with van der Waals surface area (Å²) in [6.45, 7) is 3.31. The first kappa shape index (κ1) is 15.2. The summed E-state index contributed by atoms with van der Waals surface area (Å²) in [5, 5.41) is 15.9. The Balaban J connectivity index is 4.15. The molecule has 2 unspecified atom stereocenters. The van der Waals surface area contributed by atoms with Crippen molar-refractivity contribution in [3.63, 3.8) is 0 Å². The molecule has 0 aliphatic rings. The lowest BCUT2D eigenvalue weighted by Gasteiger charge is -2.18. The highest BCUT2D eigenvalue weighted by molar-refractivity contribution is 5.86. The van der Waals surface area contributed by atoms with Crippen molar-refractivity contribution in [2.75, 3.05) is 7.05 Å². The predicted molar refractivity (Wildman–Crippen MR) is 61.5 cm³/mol. The van der Waals surface area contributed by atoms with E-state index in [2.05, 4.69) is 16.0 Å². The fraction of sp³-hybridized carbons (Fsp3) is 0.700. The smallest absolute Gasteiger partial charge is 0.315 e. The number of carbonyl (C=O) groups excluding carboxylic acids is 2. The first-order chi connectivity index (χ1) is 7.90. The number of amides is 3. The van der Waals surface area contributed by atoms with Crippen LogP contribution in [0.3, 0.4) is 0 Å². The molecule has 0 radical (unpaired) electrons. The van der Waals surface area contributed by atoms with E-state index in [1.807, 2.05) is 0 Å². The normalized spacial score (nSPS) is 13.4. The van der Waals surface area contributed by atoms with Gasteiger partial charge in [0.05, 0.1) is 6.42 Å². The maximum Gasteiger partial charge on any atom is 0.315 e. The lowest BCUT2D eigenvalue weighted by atomic mass is 10.1. The van der Waals surface area contributed by atoms with Gasteiger partial charge in [-0.2, -0.15) is 0 Å². The average molecular weight is 245 g/mol. The number of hydrogen-bond acceptors (Lipinski definition) is 3. The van der Waals surface area contributed by atoms with Gasteiger partial charge < -0.3 is 21.1 Å². The van der Waals surface area contributed by atoms with Crippen molar-refractivity contribution in [2.24, 2.45) is 0 Å². The number of urea groups is 1. The SMILES string of the molecule is CCC(CC(=O)O)NC(=O)NC(C)C(=O)NC. The van der Waals surface area contributed by atoms with Crippen LogP contribution in [0.15, 0.2) is 0 Å². The Kier molecular flexibility index (Phi) is 6.69. The standard InChI is InChI=1S/C10H19N3O4/c1-4-7(5-8(14)15)13-10(17)12-6(2)9(16)11-3/h6-7H,4-5H2,1-3H3,(H,11,16)(H,14,15)(H2,12,13,17). The molecule has 0 aliphatic heterocycles. The molecule has 7 heteroatoms. The van der Waals surface area contributed by atoms with Crippen LogP contribution in [0, 0.1) is 0 Å². The largest absolute Gasteiger partial charge is 0.481 e. The maximum atomic E-state index is 11.4. The fourth-order valence-electron chi connectivity index (χ4n) is 1.21. The Labute approximate surface area is 100.0 Å². The number of rotatable bonds is 6. The van der Waals surface area contributed by atoms with Crippen LogP contribution in [0.4, 0.5) is 4.79 Å². The molecule has 0 aromatic carbocycles. The van der Waals surface area contributed by atoms with Crippen molar-refractivity contribution in [1.29, 1.82) is 0 Å². The molecule has 0 heterocycles. The Morgan fingerprint density at radius 2 is 1.82 bits per heavy atom. The van der Waals surface area contributed by atoms with Crippen molar-refractivity contribution >= 4 is 17.9 Å². The highest BCUT2D eigenvalue weighted by atomic mass is 16.4. The summed E-state index contributed by atoms with van der Waals surface area (Å²) in [5.74, 6) is -1.29. The lowest BCUT2D eigenvalue weighted by molar-refractivity contribution is -0.137. The highest BCUT2D eigenvalue weighted by Crippen LogP contribution is 1.97. The van der Waals surface area contributed by atoms with Gasteiger partial charge in [0.2, 0.25) is 5.91 Å². The predicted octanol–water partition coefficient (Wildman–Crippen LogP) is -0.327. The molecule has 0 fully saturated rings. The number of carboxylic acids is 1. The van der Waals surface area contributed by atoms with Crippen molar-refractivity contribution in [3.05, 3.63) is 0 Å². The average Bonchev–Trinajstić information content (AvgIpc) is 2.25. The molecule has 0 rings (SSSR count). The van der Waals surface area contributed by atoms with Gasteiger partial charge in [-0.3, -0.25) is 9.59 Å². The number of nitrogens with one attached hydrogen (secondary N) is 3. The van der Waals surface area contributed by atoms with Gasteiger partial charge in [-0.05, 0) is 13.3 Å². The molecular formula is C10H19N3O4. The molecule has 7 nitrogen and oxygen atoms in total. The summed E-state index contributed by atoms with van der Waals surface area (Å²) < 4.78 is 0. The quantitative estimate of drug-likeness (QED) is 0.514. The minimum absolute atomic E-state index is 0.141. The Bertz CT molecular complexity index is 293. The zero-order valence-corrected chi connectivity index (χ0v) is 10.2. The Morgan fingerprint density at radius 1 is 1.24 bits per heavy atom. The van der Waals surface area contributed by atoms with Gasteiger partial charge in [-0.25, -0.2) is 4.79 Å². The molecule has 0 bridgehead atoms. The van der Waals surface area contributed by atoms with E-state index in [1.54, 1.807) is 6.92 Å². The summed E-state index contributed by atoms with van der Waals surface area (Å²) in [6, 6.07) is -1.65. The van der Waals surface area contributed by atoms with Crippen LogP contribution in [0.5, 0.6) is 0 Å². The van der Waals surface area contributed by atoms with Crippen LogP contribution < -0.4 is 16.0 Å². The second kappa shape index (κ2) is 7.48. The van der Waals surface area contributed by atoms with E-state index >= 15 is 0 Å². The first-order valence-corrected chi connectivity index (χ1v) is 5.41. The summed E-state index contributed by atoms with van der Waals surface area (Å²) in [5.41, 5.74) is 0. The second-order valence-electron chi connectivity index (χ2n) is 3.66. The minimum atomic E-state index is -0.975. The number of carbonyl (C=O) groups is 3. The third kappa shape index (κ3) is 6.39. The monoisotopic (exact) mass is 245 g/mol. The third-order valence-corrected chi connectivity index (χ3v) is 2.24. The number of hydrogen-bond donors (Lipinski definition) is 4. The molecule has 17 heavy (non-hydrogen) atoms. The van der Waals surface area contributed by atoms with Crippen molar-refractivity contribution in [1.82, 2.24) is 16.0 Å². The van der Waals surface area contributed by atoms with Gasteiger partial charge in [0.1, 0.15) is 6.04 Å². The number of carboxylic acid groups (broad SMARTS) is 1.